The normalized spacial score (nSPS) is 14.7. The number of nitrogens with zero attached hydrogens (tertiary/aromatic N) is 1. The molecule has 0 atom stereocenters. The molecule has 1 radical (unpaired) electrons. The third kappa shape index (κ3) is 1.05. The first-order valence-corrected chi connectivity index (χ1v) is 3.33. The summed E-state index contributed by atoms with van der Waals surface area (Å²) in [5.74, 6) is 0.468. The Morgan fingerprint density at radius 3 is 3.09 bits per heavy atom. The Balaban J connectivity index is 2.41. The zero-order chi connectivity index (χ0) is 7.68. The molecular weight excluding hydrogens is 142 g/mol. The summed E-state index contributed by atoms with van der Waals surface area (Å²) >= 11 is 0. The second-order valence-electron chi connectivity index (χ2n) is 2.26. The monoisotopic (exact) mass is 148 g/mol. The van der Waals surface area contributed by atoms with Gasteiger partial charge in [-0.05, 0) is 12.1 Å². The molecule has 0 fully saturated rings. The van der Waals surface area contributed by atoms with Crippen LogP contribution in [0, 0.1) is 0 Å². The predicted molar refractivity (Wildman–Crippen MR) is 38.7 cm³/mol. The number of benzene rings is 1. The van der Waals surface area contributed by atoms with Crippen molar-refractivity contribution in [2.24, 2.45) is 0 Å². The minimum absolute atomic E-state index is 0.0665. The number of rotatable bonds is 0. The molecule has 0 unspecified atom stereocenters. The average Bonchev–Trinajstić information content (AvgIpc) is 2.04. The minimum atomic E-state index is -0.219. The topological polar surface area (TPSA) is 40.4 Å². The largest absolute Gasteiger partial charge is 0.481 e. The standard InChI is InChI=1S/C8H6NO2/c10-8-5-11-7-4-2-1-3-6(7)9-8/h1-4H,5H2. The molecular formula is C8H6NO2. The van der Waals surface area contributed by atoms with Crippen LogP contribution in [0.15, 0.2) is 24.3 Å². The van der Waals surface area contributed by atoms with Crippen molar-refractivity contribution in [1.29, 1.82) is 0 Å². The van der Waals surface area contributed by atoms with Crippen LogP contribution in [0.5, 0.6) is 5.75 Å². The molecule has 1 aliphatic rings. The molecule has 0 aliphatic carbocycles. The maximum Gasteiger partial charge on any atom is 0.284 e. The molecule has 55 valence electrons. The van der Waals surface area contributed by atoms with Gasteiger partial charge in [0.15, 0.2) is 6.61 Å². The highest BCUT2D eigenvalue weighted by Crippen LogP contribution is 2.26. The van der Waals surface area contributed by atoms with Crippen molar-refractivity contribution in [2.45, 2.75) is 0 Å². The van der Waals surface area contributed by atoms with E-state index in [1.807, 2.05) is 12.1 Å². The first-order valence-electron chi connectivity index (χ1n) is 3.33. The van der Waals surface area contributed by atoms with Gasteiger partial charge in [0.1, 0.15) is 11.4 Å². The molecule has 2 rings (SSSR count). The summed E-state index contributed by atoms with van der Waals surface area (Å²) in [5, 5.41) is 3.78. The Labute approximate surface area is 64.0 Å². The summed E-state index contributed by atoms with van der Waals surface area (Å²) in [5.41, 5.74) is 0.628. The van der Waals surface area contributed by atoms with E-state index in [1.54, 1.807) is 12.1 Å². The lowest BCUT2D eigenvalue weighted by atomic mass is 10.2. The number of fused-ring (bicyclic) bond motifs is 1. The van der Waals surface area contributed by atoms with E-state index < -0.39 is 0 Å². The molecule has 1 aliphatic heterocycles. The van der Waals surface area contributed by atoms with Gasteiger partial charge in [0, 0.05) is 0 Å². The van der Waals surface area contributed by atoms with E-state index in [1.165, 1.54) is 0 Å². The summed E-state index contributed by atoms with van der Waals surface area (Å²) in [6.45, 7) is 0.0665. The van der Waals surface area contributed by atoms with E-state index in [9.17, 15) is 4.79 Å². The van der Waals surface area contributed by atoms with Gasteiger partial charge < -0.3 is 4.74 Å². The van der Waals surface area contributed by atoms with E-state index in [-0.39, 0.29) is 12.5 Å². The predicted octanol–water partition coefficient (Wildman–Crippen LogP) is 0.841. The summed E-state index contributed by atoms with van der Waals surface area (Å²) in [6, 6.07) is 7.23. The van der Waals surface area contributed by atoms with Crippen molar-refractivity contribution in [2.75, 3.05) is 6.61 Å². The lowest BCUT2D eigenvalue weighted by molar-refractivity contribution is -0.123. The van der Waals surface area contributed by atoms with Crippen LogP contribution >= 0.6 is 0 Å². The number of hydrogen-bond donors (Lipinski definition) is 0. The van der Waals surface area contributed by atoms with Gasteiger partial charge in [-0.3, -0.25) is 4.79 Å². The maximum atomic E-state index is 10.7. The van der Waals surface area contributed by atoms with Crippen LogP contribution in [0.2, 0.25) is 0 Å². The third-order valence-corrected chi connectivity index (χ3v) is 1.46. The van der Waals surface area contributed by atoms with Gasteiger partial charge in [0.05, 0.1) is 0 Å². The molecule has 0 N–H and O–H groups in total. The van der Waals surface area contributed by atoms with Gasteiger partial charge in [-0.15, -0.1) is 0 Å². The van der Waals surface area contributed by atoms with Crippen molar-refractivity contribution < 1.29 is 9.53 Å². The van der Waals surface area contributed by atoms with Crippen LogP contribution in [0.1, 0.15) is 0 Å². The van der Waals surface area contributed by atoms with Crippen molar-refractivity contribution in [3.63, 3.8) is 0 Å². The van der Waals surface area contributed by atoms with Crippen LogP contribution in [-0.4, -0.2) is 12.5 Å². The first-order chi connectivity index (χ1) is 5.36. The fourth-order valence-electron chi connectivity index (χ4n) is 0.978. The molecule has 0 saturated carbocycles. The number of hydrogen-bond acceptors (Lipinski definition) is 2. The molecule has 3 heteroatoms. The number of carbonyl (C=O) groups is 1. The average molecular weight is 148 g/mol. The molecule has 0 spiro atoms. The first kappa shape index (κ1) is 6.22. The summed E-state index contributed by atoms with van der Waals surface area (Å²) < 4.78 is 5.09. The van der Waals surface area contributed by atoms with Gasteiger partial charge in [-0.2, -0.15) is 0 Å². The molecule has 1 aromatic carbocycles. The van der Waals surface area contributed by atoms with Crippen LogP contribution in [0.3, 0.4) is 0 Å². The number of ether oxygens (including phenoxy) is 1. The van der Waals surface area contributed by atoms with E-state index >= 15 is 0 Å². The second kappa shape index (κ2) is 2.27. The van der Waals surface area contributed by atoms with Gasteiger partial charge in [-0.25, -0.2) is 5.32 Å². The zero-order valence-corrected chi connectivity index (χ0v) is 5.78. The molecule has 0 bridgehead atoms. The quantitative estimate of drug-likeness (QED) is 0.547. The number of carbonyl (C=O) groups excluding carboxylic acids is 1. The Hall–Kier alpha value is -1.51. The van der Waals surface area contributed by atoms with Gasteiger partial charge in [-0.1, -0.05) is 12.1 Å². The van der Waals surface area contributed by atoms with E-state index in [0.29, 0.717) is 11.4 Å². The Bertz CT molecular complexity index is 296. The second-order valence-corrected chi connectivity index (χ2v) is 2.26. The van der Waals surface area contributed by atoms with Crippen LogP contribution < -0.4 is 10.1 Å². The summed E-state index contributed by atoms with van der Waals surface area (Å²) in [4.78, 5) is 10.7. The fourth-order valence-corrected chi connectivity index (χ4v) is 0.978. The number of para-hydroxylation sites is 2. The van der Waals surface area contributed by atoms with E-state index in [0.717, 1.165) is 0 Å². The SMILES string of the molecule is O=C1COc2ccccc2[N]1. The molecule has 0 saturated heterocycles. The summed E-state index contributed by atoms with van der Waals surface area (Å²) in [7, 11) is 0. The number of amides is 1. The highest BCUT2D eigenvalue weighted by atomic mass is 16.5. The molecule has 1 amide bonds. The van der Waals surface area contributed by atoms with Crippen molar-refractivity contribution >= 4 is 11.6 Å². The minimum Gasteiger partial charge on any atom is -0.481 e. The van der Waals surface area contributed by atoms with Crippen LogP contribution in [-0.2, 0) is 4.79 Å². The van der Waals surface area contributed by atoms with Crippen LogP contribution in [0.25, 0.3) is 0 Å². The molecule has 0 aromatic heterocycles. The highest BCUT2D eigenvalue weighted by molar-refractivity contribution is 5.85. The Kier molecular flexibility index (Phi) is 1.28. The highest BCUT2D eigenvalue weighted by Gasteiger charge is 2.15. The maximum absolute atomic E-state index is 10.7. The van der Waals surface area contributed by atoms with Crippen molar-refractivity contribution in [3.05, 3.63) is 24.3 Å². The van der Waals surface area contributed by atoms with Gasteiger partial charge in [0.25, 0.3) is 5.91 Å². The fraction of sp³-hybridized carbons (Fsp3) is 0.125. The van der Waals surface area contributed by atoms with E-state index in [2.05, 4.69) is 5.32 Å². The molecule has 11 heavy (non-hydrogen) atoms. The Morgan fingerprint density at radius 1 is 1.36 bits per heavy atom. The molecule has 1 heterocycles. The molecule has 3 nitrogen and oxygen atoms in total. The lowest BCUT2D eigenvalue weighted by Crippen LogP contribution is -2.24. The molecule has 1 aromatic rings. The van der Waals surface area contributed by atoms with Crippen LogP contribution in [0.4, 0.5) is 5.69 Å². The zero-order valence-electron chi connectivity index (χ0n) is 5.78. The Morgan fingerprint density at radius 2 is 2.18 bits per heavy atom. The smallest absolute Gasteiger partial charge is 0.284 e. The van der Waals surface area contributed by atoms with E-state index in [4.69, 9.17) is 4.74 Å². The summed E-state index contributed by atoms with van der Waals surface area (Å²) in [6.07, 6.45) is 0. The third-order valence-electron chi connectivity index (χ3n) is 1.46. The van der Waals surface area contributed by atoms with Gasteiger partial charge >= 0.3 is 0 Å². The lowest BCUT2D eigenvalue weighted by Gasteiger charge is -2.14. The van der Waals surface area contributed by atoms with Crippen molar-refractivity contribution in [1.82, 2.24) is 5.32 Å². The van der Waals surface area contributed by atoms with Gasteiger partial charge in [0.2, 0.25) is 0 Å². The van der Waals surface area contributed by atoms with Crippen molar-refractivity contribution in [3.8, 4) is 5.75 Å².